The van der Waals surface area contributed by atoms with Gasteiger partial charge >= 0.3 is 0 Å². The van der Waals surface area contributed by atoms with Gasteiger partial charge < -0.3 is 4.90 Å². The Labute approximate surface area is 277 Å². The van der Waals surface area contributed by atoms with E-state index in [4.69, 9.17) is 0 Å². The molecule has 0 saturated heterocycles. The van der Waals surface area contributed by atoms with Gasteiger partial charge in [-0.2, -0.15) is 0 Å². The summed E-state index contributed by atoms with van der Waals surface area (Å²) in [5.41, 5.74) is 16.9. The first-order chi connectivity index (χ1) is 22.8. The predicted octanol–water partition coefficient (Wildman–Crippen LogP) is 12.6. The molecule has 0 N–H and O–H groups in total. The van der Waals surface area contributed by atoms with Gasteiger partial charge in [0.25, 0.3) is 0 Å². The van der Waals surface area contributed by atoms with Gasteiger partial charge in [-0.25, -0.2) is 0 Å². The number of hydrogen-bond donors (Lipinski definition) is 0. The first-order valence-electron chi connectivity index (χ1n) is 16.7. The summed E-state index contributed by atoms with van der Waals surface area (Å²) >= 11 is 0. The maximum atomic E-state index is 2.42. The molecule has 2 aliphatic carbocycles. The van der Waals surface area contributed by atoms with E-state index in [0.717, 1.165) is 11.4 Å². The largest absolute Gasteiger partial charge is 0.310 e. The average molecular weight is 604 g/mol. The van der Waals surface area contributed by atoms with Gasteiger partial charge in [-0.15, -0.1) is 0 Å². The zero-order valence-electron chi connectivity index (χ0n) is 27.4. The predicted molar refractivity (Wildman–Crippen MR) is 199 cm³/mol. The minimum absolute atomic E-state index is 0.0173. The van der Waals surface area contributed by atoms with Crippen LogP contribution in [0.3, 0.4) is 0 Å². The summed E-state index contributed by atoms with van der Waals surface area (Å²) in [6.45, 7) is 9.44. The zero-order chi connectivity index (χ0) is 31.9. The highest BCUT2D eigenvalue weighted by atomic mass is 15.1. The van der Waals surface area contributed by atoms with Gasteiger partial charge in [0.05, 0.1) is 0 Å². The van der Waals surface area contributed by atoms with E-state index in [1.165, 1.54) is 72.1 Å². The third-order valence-electron chi connectivity index (χ3n) is 10.8. The van der Waals surface area contributed by atoms with E-state index in [2.05, 4.69) is 184 Å². The summed E-state index contributed by atoms with van der Waals surface area (Å²) in [5, 5.41) is 2.65. The van der Waals surface area contributed by atoms with Crippen LogP contribution in [0, 0.1) is 0 Å². The second-order valence-electron chi connectivity index (χ2n) is 14.2. The Morgan fingerprint density at radius 3 is 1.83 bits per heavy atom. The molecule has 0 saturated carbocycles. The zero-order valence-corrected chi connectivity index (χ0v) is 27.4. The highest BCUT2D eigenvalue weighted by Crippen LogP contribution is 2.53. The van der Waals surface area contributed by atoms with Crippen molar-refractivity contribution in [1.82, 2.24) is 0 Å². The molecule has 0 bridgehead atoms. The minimum Gasteiger partial charge on any atom is -0.310 e. The van der Waals surface area contributed by atoms with E-state index in [0.29, 0.717) is 0 Å². The Morgan fingerprint density at radius 2 is 1.00 bits per heavy atom. The molecule has 0 aliphatic heterocycles. The Balaban J connectivity index is 1.12. The quantitative estimate of drug-likeness (QED) is 0.193. The first-order valence-corrected chi connectivity index (χ1v) is 16.7. The molecule has 0 radical (unpaired) electrons. The van der Waals surface area contributed by atoms with Crippen LogP contribution in [0.5, 0.6) is 0 Å². The van der Waals surface area contributed by atoms with Gasteiger partial charge in [-0.05, 0) is 109 Å². The summed E-state index contributed by atoms with van der Waals surface area (Å²) in [5.74, 6) is 0. The molecule has 0 amide bonds. The van der Waals surface area contributed by atoms with E-state index >= 15 is 0 Å². The monoisotopic (exact) mass is 603 g/mol. The van der Waals surface area contributed by atoms with Crippen molar-refractivity contribution in [3.8, 4) is 33.4 Å². The summed E-state index contributed by atoms with van der Waals surface area (Å²) in [4.78, 5) is 2.39. The van der Waals surface area contributed by atoms with Crippen LogP contribution in [0.25, 0.3) is 44.2 Å². The molecule has 0 unspecified atom stereocenters. The lowest BCUT2D eigenvalue weighted by Crippen LogP contribution is -2.17. The molecule has 0 aromatic heterocycles. The lowest BCUT2D eigenvalue weighted by atomic mass is 9.80. The number of anilines is 3. The Morgan fingerprint density at radius 1 is 0.383 bits per heavy atom. The summed E-state index contributed by atoms with van der Waals surface area (Å²) in [6.07, 6.45) is 0. The number of nitrogens with zero attached hydrogens (tertiary/aromatic N) is 1. The smallest absolute Gasteiger partial charge is 0.0465 e. The second kappa shape index (κ2) is 10.0. The van der Waals surface area contributed by atoms with Crippen molar-refractivity contribution in [1.29, 1.82) is 0 Å². The molecule has 47 heavy (non-hydrogen) atoms. The van der Waals surface area contributed by atoms with Crippen molar-refractivity contribution in [2.45, 2.75) is 38.5 Å². The van der Waals surface area contributed by atoms with Crippen LogP contribution >= 0.6 is 0 Å². The molecule has 9 rings (SSSR count). The maximum absolute atomic E-state index is 2.42. The third kappa shape index (κ3) is 4.09. The second-order valence-corrected chi connectivity index (χ2v) is 14.2. The van der Waals surface area contributed by atoms with Crippen molar-refractivity contribution in [3.63, 3.8) is 0 Å². The average Bonchev–Trinajstić information content (AvgIpc) is 3.48. The van der Waals surface area contributed by atoms with E-state index in [1.54, 1.807) is 0 Å². The molecule has 0 spiro atoms. The molecule has 2 aliphatic rings. The third-order valence-corrected chi connectivity index (χ3v) is 10.8. The van der Waals surface area contributed by atoms with Crippen LogP contribution in [-0.2, 0) is 10.8 Å². The molecule has 0 heterocycles. The van der Waals surface area contributed by atoms with Gasteiger partial charge in [-0.3, -0.25) is 0 Å². The van der Waals surface area contributed by atoms with Gasteiger partial charge in [0.1, 0.15) is 0 Å². The molecule has 0 fully saturated rings. The van der Waals surface area contributed by atoms with Gasteiger partial charge in [-0.1, -0.05) is 137 Å². The number of benzene rings is 7. The minimum atomic E-state index is -0.117. The van der Waals surface area contributed by atoms with Crippen molar-refractivity contribution in [3.05, 3.63) is 174 Å². The van der Waals surface area contributed by atoms with Crippen LogP contribution in [0.1, 0.15) is 49.9 Å². The fourth-order valence-corrected chi connectivity index (χ4v) is 8.45. The Kier molecular flexibility index (Phi) is 5.96. The van der Waals surface area contributed by atoms with E-state index < -0.39 is 0 Å². The molecule has 7 aromatic carbocycles. The number of fused-ring (bicyclic) bond motifs is 8. The van der Waals surface area contributed by atoms with Crippen LogP contribution < -0.4 is 4.90 Å². The van der Waals surface area contributed by atoms with E-state index in [9.17, 15) is 0 Å². The fraction of sp³-hybridized carbons (Fsp3) is 0.130. The lowest BCUT2D eigenvalue weighted by Gasteiger charge is -2.28. The normalized spacial score (nSPS) is 14.7. The molecular formula is C46H37N. The fourth-order valence-electron chi connectivity index (χ4n) is 8.45. The van der Waals surface area contributed by atoms with Crippen LogP contribution in [0.15, 0.2) is 152 Å². The number of hydrogen-bond acceptors (Lipinski definition) is 1. The molecule has 1 heteroatoms. The highest BCUT2D eigenvalue weighted by Gasteiger charge is 2.38. The van der Waals surface area contributed by atoms with Crippen molar-refractivity contribution >= 4 is 27.8 Å². The lowest BCUT2D eigenvalue weighted by molar-refractivity contribution is 0.660. The van der Waals surface area contributed by atoms with E-state index in [-0.39, 0.29) is 10.8 Å². The first kappa shape index (κ1) is 27.9. The Bertz CT molecular complexity index is 2340. The van der Waals surface area contributed by atoms with Gasteiger partial charge in [0.2, 0.25) is 0 Å². The standard InChI is InChI=1S/C46H37N/c1-45(2)41-17-11-10-16-37(41)40-28-32(21-27-42(40)45)30-18-22-34(23-19-30)47(33-13-6-5-7-14-33)35-24-26-38-39-25-20-31-12-8-9-15-36(31)44(39)46(3,4)43(38)29-35/h5-29H,1-4H3. The summed E-state index contributed by atoms with van der Waals surface area (Å²) < 4.78 is 0. The van der Waals surface area contributed by atoms with Crippen molar-refractivity contribution in [2.75, 3.05) is 4.90 Å². The molecule has 7 aromatic rings. The van der Waals surface area contributed by atoms with Crippen molar-refractivity contribution < 1.29 is 0 Å². The SMILES string of the molecule is CC1(C)c2ccccc2-c2cc(-c3ccc(N(c4ccccc4)c4ccc5c(c4)C(C)(C)c4c-5ccc5ccccc45)cc3)ccc21. The number of rotatable bonds is 4. The number of para-hydroxylation sites is 1. The van der Waals surface area contributed by atoms with Gasteiger partial charge in [0, 0.05) is 27.9 Å². The van der Waals surface area contributed by atoms with Crippen LogP contribution in [0.2, 0.25) is 0 Å². The maximum Gasteiger partial charge on any atom is 0.0465 e. The van der Waals surface area contributed by atoms with E-state index in [1.807, 2.05) is 0 Å². The molecule has 0 atom stereocenters. The Hall–Kier alpha value is -5.40. The summed E-state index contributed by atoms with van der Waals surface area (Å²) in [7, 11) is 0. The van der Waals surface area contributed by atoms with Crippen LogP contribution in [-0.4, -0.2) is 0 Å². The molecule has 1 nitrogen and oxygen atoms in total. The van der Waals surface area contributed by atoms with Crippen molar-refractivity contribution in [2.24, 2.45) is 0 Å². The van der Waals surface area contributed by atoms with Gasteiger partial charge in [0.15, 0.2) is 0 Å². The summed E-state index contributed by atoms with van der Waals surface area (Å²) in [6, 6.07) is 56.2. The highest BCUT2D eigenvalue weighted by molar-refractivity contribution is 5.98. The van der Waals surface area contributed by atoms with Crippen LogP contribution in [0.4, 0.5) is 17.1 Å². The molecule has 226 valence electrons. The topological polar surface area (TPSA) is 3.24 Å². The molecular weight excluding hydrogens is 567 g/mol.